The lowest BCUT2D eigenvalue weighted by Gasteiger charge is -2.25. The quantitative estimate of drug-likeness (QED) is 0.739. The number of nitrogens with zero attached hydrogens (tertiary/aromatic N) is 2. The number of carbonyl (C=O) groups excluding carboxylic acids is 1. The predicted octanol–water partition coefficient (Wildman–Crippen LogP) is 0.195. The van der Waals surface area contributed by atoms with Gasteiger partial charge in [-0.2, -0.15) is 0 Å². The van der Waals surface area contributed by atoms with Crippen molar-refractivity contribution in [3.63, 3.8) is 0 Å². The summed E-state index contributed by atoms with van der Waals surface area (Å²) in [4.78, 5) is 26.2. The van der Waals surface area contributed by atoms with E-state index < -0.39 is 12.0 Å². The molecule has 0 radical (unpaired) electrons. The van der Waals surface area contributed by atoms with Crippen LogP contribution in [0.3, 0.4) is 0 Å². The molecule has 1 fully saturated rings. The van der Waals surface area contributed by atoms with Gasteiger partial charge in [-0.1, -0.05) is 6.92 Å². The molecule has 0 bridgehead atoms. The molecule has 6 nitrogen and oxygen atoms in total. The molecule has 0 aromatic heterocycles. The van der Waals surface area contributed by atoms with E-state index in [-0.39, 0.29) is 12.1 Å². The summed E-state index contributed by atoms with van der Waals surface area (Å²) in [7, 11) is 3.53. The molecule has 0 aromatic rings. The number of carboxylic acid groups (broad SMARTS) is 1. The number of rotatable bonds is 4. The molecular weight excluding hydrogens is 222 g/mol. The summed E-state index contributed by atoms with van der Waals surface area (Å²) in [6.45, 7) is 3.54. The minimum Gasteiger partial charge on any atom is -0.480 e. The number of likely N-dealkylation sites (tertiary alicyclic amines) is 1. The van der Waals surface area contributed by atoms with Crippen molar-refractivity contribution in [3.05, 3.63) is 0 Å². The van der Waals surface area contributed by atoms with Crippen LogP contribution in [-0.4, -0.2) is 66.2 Å². The third-order valence-electron chi connectivity index (χ3n) is 3.18. The van der Waals surface area contributed by atoms with Gasteiger partial charge in [-0.05, 0) is 26.4 Å². The second-order valence-corrected chi connectivity index (χ2v) is 4.57. The first-order valence-corrected chi connectivity index (χ1v) is 5.90. The van der Waals surface area contributed by atoms with Gasteiger partial charge in [0.25, 0.3) is 0 Å². The van der Waals surface area contributed by atoms with Crippen molar-refractivity contribution in [2.24, 2.45) is 0 Å². The summed E-state index contributed by atoms with van der Waals surface area (Å²) in [6.07, 6.45) is 1.32. The summed E-state index contributed by atoms with van der Waals surface area (Å²) < 4.78 is 0. The molecule has 1 heterocycles. The van der Waals surface area contributed by atoms with E-state index in [1.165, 1.54) is 11.9 Å². The number of likely N-dealkylation sites (N-methyl/N-ethyl adjacent to an activating group) is 2. The van der Waals surface area contributed by atoms with Crippen LogP contribution >= 0.6 is 0 Å². The Hall–Kier alpha value is -1.30. The Labute approximate surface area is 102 Å². The van der Waals surface area contributed by atoms with E-state index in [1.807, 2.05) is 7.05 Å². The third kappa shape index (κ3) is 3.59. The van der Waals surface area contributed by atoms with E-state index in [0.717, 1.165) is 19.5 Å². The van der Waals surface area contributed by atoms with Crippen molar-refractivity contribution < 1.29 is 14.7 Å². The number of amides is 2. The Morgan fingerprint density at radius 2 is 2.24 bits per heavy atom. The Morgan fingerprint density at radius 1 is 1.59 bits per heavy atom. The Morgan fingerprint density at radius 3 is 2.65 bits per heavy atom. The molecule has 1 aliphatic rings. The molecule has 1 saturated heterocycles. The van der Waals surface area contributed by atoms with E-state index in [2.05, 4.69) is 10.2 Å². The maximum Gasteiger partial charge on any atom is 0.326 e. The highest BCUT2D eigenvalue weighted by Gasteiger charge is 2.27. The molecular formula is C11H21N3O3. The normalized spacial score (nSPS) is 22.2. The van der Waals surface area contributed by atoms with E-state index in [4.69, 9.17) is 5.11 Å². The molecule has 2 unspecified atom stereocenters. The molecule has 2 atom stereocenters. The summed E-state index contributed by atoms with van der Waals surface area (Å²) in [6, 6.07) is -0.935. The van der Waals surface area contributed by atoms with Crippen LogP contribution in [0.25, 0.3) is 0 Å². The van der Waals surface area contributed by atoms with Crippen LogP contribution < -0.4 is 5.32 Å². The lowest BCUT2D eigenvalue weighted by molar-refractivity contribution is -0.141. The van der Waals surface area contributed by atoms with Crippen molar-refractivity contribution in [1.82, 2.24) is 15.1 Å². The number of aliphatic carboxylic acids is 1. The second kappa shape index (κ2) is 5.86. The SMILES string of the molecule is CCC(C(=O)O)N(C)C(=O)NC1CCN(C)C1. The van der Waals surface area contributed by atoms with Crippen molar-refractivity contribution in [2.45, 2.75) is 31.8 Å². The maximum atomic E-state index is 11.8. The predicted molar refractivity (Wildman–Crippen MR) is 63.9 cm³/mol. The fraction of sp³-hybridized carbons (Fsp3) is 0.818. The van der Waals surface area contributed by atoms with Crippen LogP contribution in [0.5, 0.6) is 0 Å². The zero-order valence-electron chi connectivity index (χ0n) is 10.6. The van der Waals surface area contributed by atoms with E-state index >= 15 is 0 Å². The lowest BCUT2D eigenvalue weighted by Crippen LogP contribution is -2.50. The van der Waals surface area contributed by atoms with Gasteiger partial charge in [0.15, 0.2) is 0 Å². The second-order valence-electron chi connectivity index (χ2n) is 4.57. The van der Waals surface area contributed by atoms with Crippen LogP contribution in [0.15, 0.2) is 0 Å². The molecule has 0 spiro atoms. The van der Waals surface area contributed by atoms with Gasteiger partial charge in [0.2, 0.25) is 0 Å². The number of urea groups is 1. The molecule has 2 amide bonds. The molecule has 6 heteroatoms. The van der Waals surface area contributed by atoms with Crippen LogP contribution in [0, 0.1) is 0 Å². The molecule has 2 N–H and O–H groups in total. The number of carbonyl (C=O) groups is 2. The average Bonchev–Trinajstić information content (AvgIpc) is 2.64. The summed E-state index contributed by atoms with van der Waals surface area (Å²) in [5.41, 5.74) is 0. The van der Waals surface area contributed by atoms with E-state index in [1.54, 1.807) is 6.92 Å². The fourth-order valence-electron chi connectivity index (χ4n) is 2.08. The Kier molecular flexibility index (Phi) is 4.74. The summed E-state index contributed by atoms with van der Waals surface area (Å²) in [5, 5.41) is 11.8. The minimum absolute atomic E-state index is 0.126. The average molecular weight is 243 g/mol. The van der Waals surface area contributed by atoms with Crippen LogP contribution in [0.2, 0.25) is 0 Å². The summed E-state index contributed by atoms with van der Waals surface area (Å²) >= 11 is 0. The molecule has 0 saturated carbocycles. The van der Waals surface area contributed by atoms with Crippen molar-refractivity contribution >= 4 is 12.0 Å². The molecule has 1 rings (SSSR count). The van der Waals surface area contributed by atoms with E-state index in [0.29, 0.717) is 6.42 Å². The van der Waals surface area contributed by atoms with Crippen LogP contribution in [-0.2, 0) is 4.79 Å². The molecule has 1 aliphatic heterocycles. The maximum absolute atomic E-state index is 11.8. The van der Waals surface area contributed by atoms with Gasteiger partial charge in [0, 0.05) is 19.6 Å². The van der Waals surface area contributed by atoms with Gasteiger partial charge in [-0.3, -0.25) is 0 Å². The van der Waals surface area contributed by atoms with Crippen molar-refractivity contribution in [2.75, 3.05) is 27.2 Å². The summed E-state index contributed by atoms with van der Waals surface area (Å²) in [5.74, 6) is -0.964. The zero-order valence-corrected chi connectivity index (χ0v) is 10.6. The number of nitrogens with one attached hydrogen (secondary N) is 1. The number of hydrogen-bond acceptors (Lipinski definition) is 3. The standard InChI is InChI=1S/C11H21N3O3/c1-4-9(10(15)16)14(3)11(17)12-8-5-6-13(2)7-8/h8-9H,4-7H2,1-3H3,(H,12,17)(H,15,16). The first-order valence-electron chi connectivity index (χ1n) is 5.90. The minimum atomic E-state index is -0.964. The van der Waals surface area contributed by atoms with Crippen LogP contribution in [0.4, 0.5) is 4.79 Å². The van der Waals surface area contributed by atoms with Gasteiger partial charge >= 0.3 is 12.0 Å². The van der Waals surface area contributed by atoms with Gasteiger partial charge in [-0.25, -0.2) is 9.59 Å². The van der Waals surface area contributed by atoms with Gasteiger partial charge in [0.05, 0.1) is 0 Å². The highest BCUT2D eigenvalue weighted by Crippen LogP contribution is 2.08. The lowest BCUT2D eigenvalue weighted by atomic mass is 10.2. The molecule has 0 aromatic carbocycles. The highest BCUT2D eigenvalue weighted by atomic mass is 16.4. The Balaban J connectivity index is 2.48. The zero-order chi connectivity index (χ0) is 13.0. The monoisotopic (exact) mass is 243 g/mol. The molecule has 0 aliphatic carbocycles. The first-order chi connectivity index (χ1) is 7.95. The number of carboxylic acids is 1. The Bertz CT molecular complexity index is 296. The third-order valence-corrected chi connectivity index (χ3v) is 3.18. The fourth-order valence-corrected chi connectivity index (χ4v) is 2.08. The van der Waals surface area contributed by atoms with Crippen molar-refractivity contribution in [3.8, 4) is 0 Å². The topological polar surface area (TPSA) is 72.9 Å². The molecule has 98 valence electrons. The molecule has 17 heavy (non-hydrogen) atoms. The van der Waals surface area contributed by atoms with Crippen LogP contribution in [0.1, 0.15) is 19.8 Å². The highest BCUT2D eigenvalue weighted by molar-refractivity contribution is 5.82. The van der Waals surface area contributed by atoms with E-state index in [9.17, 15) is 9.59 Å². The first kappa shape index (κ1) is 13.8. The number of hydrogen-bond donors (Lipinski definition) is 2. The van der Waals surface area contributed by atoms with Gasteiger partial charge < -0.3 is 20.2 Å². The van der Waals surface area contributed by atoms with Gasteiger partial charge in [0.1, 0.15) is 6.04 Å². The van der Waals surface area contributed by atoms with Crippen molar-refractivity contribution in [1.29, 1.82) is 0 Å². The smallest absolute Gasteiger partial charge is 0.326 e. The largest absolute Gasteiger partial charge is 0.480 e. The van der Waals surface area contributed by atoms with Gasteiger partial charge in [-0.15, -0.1) is 0 Å².